The molecular weight excluding hydrogens is 472 g/mol. The Morgan fingerprint density at radius 1 is 0.972 bits per heavy atom. The normalized spacial score (nSPS) is 22.6. The second kappa shape index (κ2) is 11.1. The van der Waals surface area contributed by atoms with Gasteiger partial charge >= 0.3 is 0 Å². The van der Waals surface area contributed by atoms with Crippen molar-refractivity contribution in [1.29, 1.82) is 0 Å². The Kier molecular flexibility index (Phi) is 8.15. The summed E-state index contributed by atoms with van der Waals surface area (Å²) < 4.78 is 34.9. The van der Waals surface area contributed by atoms with Crippen LogP contribution in [-0.2, 0) is 22.2 Å². The predicted octanol–water partition coefficient (Wildman–Crippen LogP) is 4.50. The summed E-state index contributed by atoms with van der Waals surface area (Å²) in [5.41, 5.74) is 0.673. The van der Waals surface area contributed by atoms with Gasteiger partial charge in [0.2, 0.25) is 10.0 Å². The number of benzene rings is 3. The SMILES string of the molecule is COc1cccc(C2(O)CCC(N(Cc3ccccc3)S(=O)(=O)c3ccccc3)CC2CN(C)C)c1. The van der Waals surface area contributed by atoms with Crippen LogP contribution in [0, 0.1) is 5.92 Å². The van der Waals surface area contributed by atoms with Crippen LogP contribution in [0.15, 0.2) is 89.8 Å². The van der Waals surface area contributed by atoms with Crippen molar-refractivity contribution >= 4 is 10.0 Å². The zero-order chi connectivity index (χ0) is 25.8. The second-order valence-electron chi connectivity index (χ2n) is 9.89. The number of sulfonamides is 1. The number of methoxy groups -OCH3 is 1. The molecule has 0 heterocycles. The van der Waals surface area contributed by atoms with E-state index in [0.29, 0.717) is 36.5 Å². The Hall–Kier alpha value is -2.71. The average molecular weight is 509 g/mol. The van der Waals surface area contributed by atoms with E-state index in [-0.39, 0.29) is 18.5 Å². The largest absolute Gasteiger partial charge is 0.497 e. The smallest absolute Gasteiger partial charge is 0.243 e. The van der Waals surface area contributed by atoms with Crippen molar-refractivity contribution in [3.05, 3.63) is 96.1 Å². The Morgan fingerprint density at radius 2 is 1.64 bits per heavy atom. The lowest BCUT2D eigenvalue weighted by molar-refractivity contribution is -0.0763. The number of hydrogen-bond donors (Lipinski definition) is 1. The van der Waals surface area contributed by atoms with E-state index in [9.17, 15) is 13.5 Å². The molecule has 0 amide bonds. The number of nitrogens with zero attached hydrogens (tertiary/aromatic N) is 2. The van der Waals surface area contributed by atoms with Crippen LogP contribution in [0.5, 0.6) is 5.75 Å². The van der Waals surface area contributed by atoms with E-state index in [4.69, 9.17) is 4.74 Å². The molecule has 6 nitrogen and oxygen atoms in total. The molecule has 0 radical (unpaired) electrons. The molecule has 7 heteroatoms. The molecule has 0 aromatic heterocycles. The average Bonchev–Trinajstić information content (AvgIpc) is 2.89. The van der Waals surface area contributed by atoms with Crippen LogP contribution in [0.1, 0.15) is 30.4 Å². The highest BCUT2D eigenvalue weighted by atomic mass is 32.2. The first-order valence-electron chi connectivity index (χ1n) is 12.4. The molecule has 1 aliphatic rings. The molecule has 3 atom stereocenters. The van der Waals surface area contributed by atoms with Gasteiger partial charge in [-0.1, -0.05) is 60.7 Å². The molecule has 1 fully saturated rings. The lowest BCUT2D eigenvalue weighted by Gasteiger charge is -2.47. The summed E-state index contributed by atoms with van der Waals surface area (Å²) in [5.74, 6) is 0.534. The third kappa shape index (κ3) is 5.65. The fourth-order valence-corrected chi connectivity index (χ4v) is 7.01. The highest BCUT2D eigenvalue weighted by molar-refractivity contribution is 7.89. The summed E-state index contributed by atoms with van der Waals surface area (Å²) in [7, 11) is 1.84. The van der Waals surface area contributed by atoms with Gasteiger partial charge in [-0.05, 0) is 68.8 Å². The van der Waals surface area contributed by atoms with E-state index in [1.54, 1.807) is 35.7 Å². The molecule has 0 saturated heterocycles. The molecular formula is C29H36N2O4S. The maximum atomic E-state index is 13.9. The molecule has 1 aliphatic carbocycles. The first kappa shape index (κ1) is 26.4. The first-order chi connectivity index (χ1) is 17.2. The minimum absolute atomic E-state index is 0.164. The fraction of sp³-hybridized carbons (Fsp3) is 0.379. The van der Waals surface area contributed by atoms with E-state index in [2.05, 4.69) is 4.90 Å². The number of ether oxygens (including phenoxy) is 1. The van der Waals surface area contributed by atoms with Gasteiger partial charge in [-0.3, -0.25) is 0 Å². The summed E-state index contributed by atoms with van der Waals surface area (Å²) >= 11 is 0. The van der Waals surface area contributed by atoms with Gasteiger partial charge in [-0.15, -0.1) is 0 Å². The topological polar surface area (TPSA) is 70.1 Å². The maximum absolute atomic E-state index is 13.9. The van der Waals surface area contributed by atoms with E-state index in [1.165, 1.54) is 0 Å². The predicted molar refractivity (Wildman–Crippen MR) is 142 cm³/mol. The van der Waals surface area contributed by atoms with Crippen LogP contribution in [-0.4, -0.2) is 56.5 Å². The zero-order valence-electron chi connectivity index (χ0n) is 21.2. The van der Waals surface area contributed by atoms with Crippen molar-refractivity contribution in [3.63, 3.8) is 0 Å². The van der Waals surface area contributed by atoms with Gasteiger partial charge < -0.3 is 14.7 Å². The Morgan fingerprint density at radius 3 is 2.28 bits per heavy atom. The summed E-state index contributed by atoms with van der Waals surface area (Å²) in [6.45, 7) is 0.920. The molecule has 1 saturated carbocycles. The molecule has 3 unspecified atom stereocenters. The highest BCUT2D eigenvalue weighted by Crippen LogP contribution is 2.45. The zero-order valence-corrected chi connectivity index (χ0v) is 22.1. The third-order valence-corrected chi connectivity index (χ3v) is 9.10. The van der Waals surface area contributed by atoms with Crippen LogP contribution in [0.3, 0.4) is 0 Å². The lowest BCUT2D eigenvalue weighted by Crippen LogP contribution is -2.51. The fourth-order valence-electron chi connectivity index (χ4n) is 5.33. The van der Waals surface area contributed by atoms with Crippen LogP contribution >= 0.6 is 0 Å². The van der Waals surface area contributed by atoms with E-state index < -0.39 is 15.6 Å². The molecule has 0 bridgehead atoms. The van der Waals surface area contributed by atoms with E-state index in [0.717, 1.165) is 11.1 Å². The quantitative estimate of drug-likeness (QED) is 0.461. The monoisotopic (exact) mass is 508 g/mol. The van der Waals surface area contributed by atoms with Gasteiger partial charge in [-0.2, -0.15) is 4.31 Å². The Bertz CT molecular complexity index is 1230. The van der Waals surface area contributed by atoms with Crippen molar-refractivity contribution in [3.8, 4) is 5.75 Å². The summed E-state index contributed by atoms with van der Waals surface area (Å²) in [5, 5.41) is 12.0. The van der Waals surface area contributed by atoms with Gasteiger partial charge in [0.25, 0.3) is 0 Å². The Labute approximate surface area is 215 Å². The summed E-state index contributed by atoms with van der Waals surface area (Å²) in [6, 6.07) is 25.7. The highest BCUT2D eigenvalue weighted by Gasteiger charge is 2.46. The van der Waals surface area contributed by atoms with Gasteiger partial charge in [0, 0.05) is 25.0 Å². The second-order valence-corrected chi connectivity index (χ2v) is 11.8. The molecule has 3 aromatic rings. The number of rotatable bonds is 9. The van der Waals surface area contributed by atoms with E-state index >= 15 is 0 Å². The molecule has 192 valence electrons. The number of hydrogen-bond acceptors (Lipinski definition) is 5. The van der Waals surface area contributed by atoms with Crippen LogP contribution in [0.2, 0.25) is 0 Å². The summed E-state index contributed by atoms with van der Waals surface area (Å²) in [4.78, 5) is 2.35. The van der Waals surface area contributed by atoms with Crippen molar-refractivity contribution in [1.82, 2.24) is 9.21 Å². The van der Waals surface area contributed by atoms with E-state index in [1.807, 2.05) is 74.8 Å². The number of aliphatic hydroxyl groups is 1. The van der Waals surface area contributed by atoms with Gasteiger partial charge in [0.1, 0.15) is 5.75 Å². The van der Waals surface area contributed by atoms with Crippen LogP contribution < -0.4 is 4.74 Å². The van der Waals surface area contributed by atoms with Gasteiger partial charge in [0.15, 0.2) is 0 Å². The molecule has 0 spiro atoms. The van der Waals surface area contributed by atoms with Crippen molar-refractivity contribution < 1.29 is 18.3 Å². The molecule has 1 N–H and O–H groups in total. The minimum atomic E-state index is -3.75. The molecule has 0 aliphatic heterocycles. The summed E-state index contributed by atoms with van der Waals surface area (Å²) in [6.07, 6.45) is 1.56. The van der Waals surface area contributed by atoms with Crippen molar-refractivity contribution in [2.24, 2.45) is 5.92 Å². The van der Waals surface area contributed by atoms with Crippen LogP contribution in [0.25, 0.3) is 0 Å². The maximum Gasteiger partial charge on any atom is 0.243 e. The molecule has 4 rings (SSSR count). The minimum Gasteiger partial charge on any atom is -0.497 e. The standard InChI is InChI=1S/C29H36N2O4S/c1-30(2)22-25-19-26(17-18-29(25,32)24-13-10-14-27(20-24)35-3)31(21-23-11-6-4-7-12-23)36(33,34)28-15-8-5-9-16-28/h4-16,20,25-26,32H,17-19,21-22H2,1-3H3. The Balaban J connectivity index is 1.71. The van der Waals surface area contributed by atoms with Gasteiger partial charge in [0.05, 0.1) is 17.6 Å². The van der Waals surface area contributed by atoms with Crippen molar-refractivity contribution in [2.75, 3.05) is 27.7 Å². The lowest BCUT2D eigenvalue weighted by atomic mass is 9.69. The first-order valence-corrected chi connectivity index (χ1v) is 13.8. The van der Waals surface area contributed by atoms with Crippen molar-refractivity contribution in [2.45, 2.75) is 42.3 Å². The molecule has 36 heavy (non-hydrogen) atoms. The third-order valence-electron chi connectivity index (χ3n) is 7.18. The van der Waals surface area contributed by atoms with Gasteiger partial charge in [-0.25, -0.2) is 8.42 Å². The molecule has 3 aromatic carbocycles. The van der Waals surface area contributed by atoms with Crippen LogP contribution in [0.4, 0.5) is 0 Å².